The Labute approximate surface area is 166 Å². The molecule has 2 aromatic rings. The fraction of sp³-hybridized carbons (Fsp3) is 0.409. The van der Waals surface area contributed by atoms with Gasteiger partial charge in [-0.15, -0.1) is 0 Å². The third-order valence-corrected chi connectivity index (χ3v) is 4.69. The Balaban J connectivity index is 1.83. The maximum absolute atomic E-state index is 11.8. The van der Waals surface area contributed by atoms with E-state index in [9.17, 15) is 15.0 Å². The van der Waals surface area contributed by atoms with Gasteiger partial charge in [-0.25, -0.2) is 4.79 Å². The molecule has 28 heavy (non-hydrogen) atoms. The lowest BCUT2D eigenvalue weighted by Gasteiger charge is -2.24. The lowest BCUT2D eigenvalue weighted by molar-refractivity contribution is -0.144. The molecule has 2 rings (SSSR count). The van der Waals surface area contributed by atoms with Crippen LogP contribution in [0.2, 0.25) is 0 Å². The Morgan fingerprint density at radius 2 is 1.71 bits per heavy atom. The average Bonchev–Trinajstić information content (AvgIpc) is 2.68. The first kappa shape index (κ1) is 21.7. The summed E-state index contributed by atoms with van der Waals surface area (Å²) in [4.78, 5) is 11.8. The smallest absolute Gasteiger partial charge is 0.330 e. The zero-order chi connectivity index (χ0) is 20.7. The van der Waals surface area contributed by atoms with Gasteiger partial charge in [0.2, 0.25) is 0 Å². The quantitative estimate of drug-likeness (QED) is 0.495. The van der Waals surface area contributed by atoms with Gasteiger partial charge in [-0.3, -0.25) is 0 Å². The van der Waals surface area contributed by atoms with Gasteiger partial charge in [0.05, 0.1) is 13.2 Å². The van der Waals surface area contributed by atoms with Crippen LogP contribution in [-0.2, 0) is 16.0 Å². The molecule has 0 saturated carbocycles. The normalized spacial score (nSPS) is 13.6. The van der Waals surface area contributed by atoms with E-state index < -0.39 is 11.6 Å². The SMILES string of the molecule is COC(=O)C(C)(C)Nc1ccc(CCN[C@@H](C)[C@@H](O)c2ccc(O)cc2)cc1. The van der Waals surface area contributed by atoms with Crippen LogP contribution in [0.15, 0.2) is 48.5 Å². The average molecular weight is 386 g/mol. The minimum absolute atomic E-state index is 0.119. The van der Waals surface area contributed by atoms with E-state index in [0.29, 0.717) is 0 Å². The molecular formula is C22H30N2O4. The number of carbonyl (C=O) groups excluding carboxylic acids is 1. The number of phenolic OH excluding ortho intramolecular Hbond substituents is 1. The Morgan fingerprint density at radius 3 is 2.29 bits per heavy atom. The summed E-state index contributed by atoms with van der Waals surface area (Å²) in [5.41, 5.74) is 1.97. The van der Waals surface area contributed by atoms with Gasteiger partial charge in [-0.05, 0) is 69.1 Å². The van der Waals surface area contributed by atoms with Crippen molar-refractivity contribution in [1.29, 1.82) is 0 Å². The highest BCUT2D eigenvalue weighted by molar-refractivity contribution is 5.83. The monoisotopic (exact) mass is 386 g/mol. The summed E-state index contributed by atoms with van der Waals surface area (Å²) in [5.74, 6) is -0.133. The molecule has 0 radical (unpaired) electrons. The standard InChI is InChI=1S/C22H30N2O4/c1-15(20(26)17-7-11-19(25)12-8-17)23-14-13-16-5-9-18(10-6-16)24-22(2,3)21(27)28-4/h5-12,15,20,23-26H,13-14H2,1-4H3/t15-,20+/m0/s1. The molecule has 2 atom stereocenters. The van der Waals surface area contributed by atoms with Gasteiger partial charge in [0.15, 0.2) is 0 Å². The van der Waals surface area contributed by atoms with Crippen LogP contribution >= 0.6 is 0 Å². The Morgan fingerprint density at radius 1 is 1.11 bits per heavy atom. The van der Waals surface area contributed by atoms with Crippen molar-refractivity contribution in [3.05, 3.63) is 59.7 Å². The number of hydrogen-bond acceptors (Lipinski definition) is 6. The zero-order valence-electron chi connectivity index (χ0n) is 16.9. The van der Waals surface area contributed by atoms with Crippen LogP contribution in [0.5, 0.6) is 5.75 Å². The maximum atomic E-state index is 11.8. The summed E-state index contributed by atoms with van der Waals surface area (Å²) in [6.07, 6.45) is 0.167. The zero-order valence-corrected chi connectivity index (χ0v) is 16.9. The first-order chi connectivity index (χ1) is 13.2. The van der Waals surface area contributed by atoms with Crippen molar-refractivity contribution in [2.45, 2.75) is 44.9 Å². The van der Waals surface area contributed by atoms with E-state index in [1.807, 2.05) is 31.2 Å². The van der Waals surface area contributed by atoms with Crippen molar-refractivity contribution in [2.24, 2.45) is 0 Å². The van der Waals surface area contributed by atoms with Gasteiger partial charge in [-0.1, -0.05) is 24.3 Å². The van der Waals surface area contributed by atoms with Crippen molar-refractivity contribution in [2.75, 3.05) is 19.0 Å². The van der Waals surface area contributed by atoms with Crippen LogP contribution in [0.4, 0.5) is 5.69 Å². The molecule has 152 valence electrons. The van der Waals surface area contributed by atoms with Crippen molar-refractivity contribution in [1.82, 2.24) is 5.32 Å². The van der Waals surface area contributed by atoms with Crippen LogP contribution < -0.4 is 10.6 Å². The molecule has 4 N–H and O–H groups in total. The number of carbonyl (C=O) groups is 1. The van der Waals surface area contributed by atoms with E-state index in [4.69, 9.17) is 4.74 Å². The molecule has 0 spiro atoms. The molecular weight excluding hydrogens is 356 g/mol. The Bertz CT molecular complexity index is 757. The number of ether oxygens (including phenoxy) is 1. The number of anilines is 1. The predicted molar refractivity (Wildman–Crippen MR) is 110 cm³/mol. The third-order valence-electron chi connectivity index (χ3n) is 4.69. The summed E-state index contributed by atoms with van der Waals surface area (Å²) in [6.45, 7) is 6.20. The lowest BCUT2D eigenvalue weighted by atomic mass is 10.0. The van der Waals surface area contributed by atoms with Crippen LogP contribution in [0.1, 0.15) is 38.0 Å². The first-order valence-electron chi connectivity index (χ1n) is 9.39. The molecule has 0 bridgehead atoms. The number of rotatable bonds is 9. The fourth-order valence-corrected chi connectivity index (χ4v) is 2.94. The molecule has 0 aromatic heterocycles. The van der Waals surface area contributed by atoms with Crippen molar-refractivity contribution < 1.29 is 19.7 Å². The number of methoxy groups -OCH3 is 1. The van der Waals surface area contributed by atoms with Crippen LogP contribution in [-0.4, -0.2) is 41.4 Å². The summed E-state index contributed by atoms with van der Waals surface area (Å²) in [7, 11) is 1.38. The van der Waals surface area contributed by atoms with Gasteiger partial charge in [0.25, 0.3) is 0 Å². The second-order valence-corrected chi connectivity index (χ2v) is 7.47. The van der Waals surface area contributed by atoms with Gasteiger partial charge >= 0.3 is 5.97 Å². The first-order valence-corrected chi connectivity index (χ1v) is 9.39. The van der Waals surface area contributed by atoms with E-state index in [2.05, 4.69) is 10.6 Å². The highest BCUT2D eigenvalue weighted by atomic mass is 16.5. The third kappa shape index (κ3) is 5.97. The number of aliphatic hydroxyl groups is 1. The molecule has 0 unspecified atom stereocenters. The lowest BCUT2D eigenvalue weighted by Crippen LogP contribution is -2.41. The summed E-state index contributed by atoms with van der Waals surface area (Å²) >= 11 is 0. The number of aromatic hydroxyl groups is 1. The van der Waals surface area contributed by atoms with Gasteiger partial charge in [0, 0.05) is 11.7 Å². The molecule has 0 aliphatic rings. The second-order valence-electron chi connectivity index (χ2n) is 7.47. The minimum atomic E-state index is -0.794. The Hall–Kier alpha value is -2.57. The number of esters is 1. The topological polar surface area (TPSA) is 90.8 Å². The highest BCUT2D eigenvalue weighted by Gasteiger charge is 2.28. The van der Waals surface area contributed by atoms with Crippen LogP contribution in [0.3, 0.4) is 0 Å². The van der Waals surface area contributed by atoms with Crippen molar-refractivity contribution in [3.63, 3.8) is 0 Å². The van der Waals surface area contributed by atoms with Crippen molar-refractivity contribution in [3.8, 4) is 5.75 Å². The molecule has 0 aliphatic heterocycles. The summed E-state index contributed by atoms with van der Waals surface area (Å²) in [6, 6.07) is 14.4. The maximum Gasteiger partial charge on any atom is 0.330 e. The summed E-state index contributed by atoms with van der Waals surface area (Å²) in [5, 5.41) is 26.2. The number of phenols is 1. The largest absolute Gasteiger partial charge is 0.508 e. The number of aliphatic hydroxyl groups excluding tert-OH is 1. The van der Waals surface area contributed by atoms with E-state index in [0.717, 1.165) is 29.8 Å². The summed E-state index contributed by atoms with van der Waals surface area (Å²) < 4.78 is 4.80. The van der Waals surface area contributed by atoms with Gasteiger partial charge in [-0.2, -0.15) is 0 Å². The molecule has 6 heteroatoms. The minimum Gasteiger partial charge on any atom is -0.508 e. The molecule has 0 heterocycles. The van der Waals surface area contributed by atoms with E-state index >= 15 is 0 Å². The van der Waals surface area contributed by atoms with Gasteiger partial charge < -0.3 is 25.6 Å². The van der Waals surface area contributed by atoms with Crippen molar-refractivity contribution >= 4 is 11.7 Å². The molecule has 2 aromatic carbocycles. The molecule has 6 nitrogen and oxygen atoms in total. The van der Waals surface area contributed by atoms with Gasteiger partial charge in [0.1, 0.15) is 11.3 Å². The van der Waals surface area contributed by atoms with E-state index in [1.54, 1.807) is 38.1 Å². The molecule has 0 aliphatic carbocycles. The van der Waals surface area contributed by atoms with E-state index in [-0.39, 0.29) is 17.8 Å². The predicted octanol–water partition coefficient (Wildman–Crippen LogP) is 3.01. The van der Waals surface area contributed by atoms with E-state index in [1.165, 1.54) is 7.11 Å². The van der Waals surface area contributed by atoms with Crippen LogP contribution in [0, 0.1) is 0 Å². The molecule has 0 fully saturated rings. The highest BCUT2D eigenvalue weighted by Crippen LogP contribution is 2.20. The number of hydrogen-bond donors (Lipinski definition) is 4. The fourth-order valence-electron chi connectivity index (χ4n) is 2.94. The second kappa shape index (κ2) is 9.57. The molecule has 0 amide bonds. The Kier molecular flexibility index (Phi) is 7.43. The number of benzene rings is 2. The van der Waals surface area contributed by atoms with Crippen LogP contribution in [0.25, 0.3) is 0 Å². The molecule has 0 saturated heterocycles. The number of nitrogens with one attached hydrogen (secondary N) is 2.